The highest BCUT2D eigenvalue weighted by atomic mass is 16.3. The highest BCUT2D eigenvalue weighted by Gasteiger charge is 2.07. The van der Waals surface area contributed by atoms with Gasteiger partial charge in [0.1, 0.15) is 6.33 Å². The van der Waals surface area contributed by atoms with E-state index in [4.69, 9.17) is 0 Å². The third-order valence-corrected chi connectivity index (χ3v) is 2.07. The molecule has 4 heteroatoms. The molecule has 1 heterocycles. The molecule has 1 atom stereocenters. The van der Waals surface area contributed by atoms with Crippen LogP contribution in [0.25, 0.3) is 0 Å². The molecule has 0 saturated carbocycles. The van der Waals surface area contributed by atoms with E-state index in [9.17, 15) is 5.11 Å². The van der Waals surface area contributed by atoms with Crippen LogP contribution in [0.4, 0.5) is 0 Å². The van der Waals surface area contributed by atoms with Crippen molar-refractivity contribution >= 4 is 0 Å². The molecule has 0 aliphatic heterocycles. The number of hydrogen-bond acceptors (Lipinski definition) is 4. The van der Waals surface area contributed by atoms with Crippen molar-refractivity contribution in [3.8, 4) is 0 Å². The van der Waals surface area contributed by atoms with Crippen molar-refractivity contribution < 1.29 is 5.11 Å². The zero-order chi connectivity index (χ0) is 10.4. The lowest BCUT2D eigenvalue weighted by Gasteiger charge is -2.14. The Labute approximate surface area is 84.4 Å². The fourth-order valence-electron chi connectivity index (χ4n) is 1.01. The first-order valence-electron chi connectivity index (χ1n) is 4.84. The van der Waals surface area contributed by atoms with Gasteiger partial charge in [-0.25, -0.2) is 9.97 Å². The standard InChI is InChI=1S/C10H17N3O/c1-8(2)10(14)6-12-5-9-3-4-11-7-13-9/h3-4,7-8,10,12,14H,5-6H2,1-2H3. The summed E-state index contributed by atoms with van der Waals surface area (Å²) >= 11 is 0. The highest BCUT2D eigenvalue weighted by Crippen LogP contribution is 1.99. The van der Waals surface area contributed by atoms with Crippen LogP contribution in [-0.2, 0) is 6.54 Å². The van der Waals surface area contributed by atoms with Crippen LogP contribution in [0.5, 0.6) is 0 Å². The van der Waals surface area contributed by atoms with Gasteiger partial charge in [-0.3, -0.25) is 0 Å². The van der Waals surface area contributed by atoms with Gasteiger partial charge in [-0.15, -0.1) is 0 Å². The molecule has 0 aromatic carbocycles. The first-order valence-corrected chi connectivity index (χ1v) is 4.84. The summed E-state index contributed by atoms with van der Waals surface area (Å²) in [6.45, 7) is 5.27. The van der Waals surface area contributed by atoms with Crippen LogP contribution in [0.15, 0.2) is 18.6 Å². The van der Waals surface area contributed by atoms with Gasteiger partial charge in [-0.2, -0.15) is 0 Å². The molecule has 0 saturated heterocycles. The van der Waals surface area contributed by atoms with Crippen LogP contribution in [0, 0.1) is 5.92 Å². The second-order valence-electron chi connectivity index (χ2n) is 3.64. The summed E-state index contributed by atoms with van der Waals surface area (Å²) in [6.07, 6.45) is 2.94. The Morgan fingerprint density at radius 3 is 2.86 bits per heavy atom. The van der Waals surface area contributed by atoms with E-state index in [1.807, 2.05) is 19.9 Å². The van der Waals surface area contributed by atoms with Crippen molar-refractivity contribution in [3.63, 3.8) is 0 Å². The molecular weight excluding hydrogens is 178 g/mol. The molecule has 2 N–H and O–H groups in total. The lowest BCUT2D eigenvalue weighted by atomic mass is 10.1. The molecule has 1 aromatic heterocycles. The van der Waals surface area contributed by atoms with E-state index < -0.39 is 0 Å². The Kier molecular flexibility index (Phi) is 4.49. The summed E-state index contributed by atoms with van der Waals surface area (Å²) in [7, 11) is 0. The highest BCUT2D eigenvalue weighted by molar-refractivity contribution is 4.96. The smallest absolute Gasteiger partial charge is 0.115 e. The Morgan fingerprint density at radius 1 is 1.50 bits per heavy atom. The lowest BCUT2D eigenvalue weighted by Crippen LogP contribution is -2.30. The monoisotopic (exact) mass is 195 g/mol. The van der Waals surface area contributed by atoms with Gasteiger partial charge >= 0.3 is 0 Å². The molecule has 0 spiro atoms. The number of aromatic nitrogens is 2. The van der Waals surface area contributed by atoms with Crippen molar-refractivity contribution in [1.82, 2.24) is 15.3 Å². The summed E-state index contributed by atoms with van der Waals surface area (Å²) in [5.74, 6) is 0.285. The molecule has 4 nitrogen and oxygen atoms in total. The van der Waals surface area contributed by atoms with Crippen LogP contribution in [0.2, 0.25) is 0 Å². The predicted molar refractivity (Wildman–Crippen MR) is 54.6 cm³/mol. The molecule has 0 fully saturated rings. The molecule has 14 heavy (non-hydrogen) atoms. The van der Waals surface area contributed by atoms with Crippen LogP contribution < -0.4 is 5.32 Å². The number of rotatable bonds is 5. The van der Waals surface area contributed by atoms with E-state index in [1.54, 1.807) is 6.20 Å². The van der Waals surface area contributed by atoms with Crippen LogP contribution in [-0.4, -0.2) is 27.7 Å². The van der Waals surface area contributed by atoms with Gasteiger partial charge in [0.15, 0.2) is 0 Å². The van der Waals surface area contributed by atoms with Crippen molar-refractivity contribution in [3.05, 3.63) is 24.3 Å². The number of aliphatic hydroxyl groups is 1. The van der Waals surface area contributed by atoms with E-state index in [0.29, 0.717) is 13.1 Å². The molecule has 1 unspecified atom stereocenters. The topological polar surface area (TPSA) is 58.0 Å². The molecule has 0 bridgehead atoms. The van der Waals surface area contributed by atoms with E-state index in [2.05, 4.69) is 15.3 Å². The maximum Gasteiger partial charge on any atom is 0.115 e. The summed E-state index contributed by atoms with van der Waals surface area (Å²) in [6, 6.07) is 1.86. The third kappa shape index (κ3) is 3.81. The minimum Gasteiger partial charge on any atom is -0.392 e. The van der Waals surface area contributed by atoms with Crippen molar-refractivity contribution in [2.45, 2.75) is 26.5 Å². The van der Waals surface area contributed by atoms with E-state index >= 15 is 0 Å². The zero-order valence-corrected chi connectivity index (χ0v) is 8.64. The molecule has 1 rings (SSSR count). The third-order valence-electron chi connectivity index (χ3n) is 2.07. The Hall–Kier alpha value is -1.00. The molecule has 0 aliphatic rings. The Bertz CT molecular complexity index is 251. The maximum absolute atomic E-state index is 9.51. The zero-order valence-electron chi connectivity index (χ0n) is 8.64. The summed E-state index contributed by atoms with van der Waals surface area (Å²) in [4.78, 5) is 7.89. The van der Waals surface area contributed by atoms with Gasteiger partial charge in [0.25, 0.3) is 0 Å². The number of aliphatic hydroxyl groups excluding tert-OH is 1. The Morgan fingerprint density at radius 2 is 2.29 bits per heavy atom. The minimum atomic E-state index is -0.295. The summed E-state index contributed by atoms with van der Waals surface area (Å²) < 4.78 is 0. The van der Waals surface area contributed by atoms with Crippen molar-refractivity contribution in [2.75, 3.05) is 6.54 Å². The van der Waals surface area contributed by atoms with Crippen LogP contribution >= 0.6 is 0 Å². The van der Waals surface area contributed by atoms with Gasteiger partial charge in [0, 0.05) is 19.3 Å². The number of nitrogens with zero attached hydrogens (tertiary/aromatic N) is 2. The first-order chi connectivity index (χ1) is 6.70. The molecule has 1 aromatic rings. The van der Waals surface area contributed by atoms with Crippen molar-refractivity contribution in [1.29, 1.82) is 0 Å². The first kappa shape index (κ1) is 11.1. The van der Waals surface area contributed by atoms with Gasteiger partial charge in [0.05, 0.1) is 11.8 Å². The largest absolute Gasteiger partial charge is 0.392 e. The van der Waals surface area contributed by atoms with Gasteiger partial charge < -0.3 is 10.4 Å². The second kappa shape index (κ2) is 5.67. The minimum absolute atomic E-state index is 0.285. The fourth-order valence-corrected chi connectivity index (χ4v) is 1.01. The molecule has 0 amide bonds. The average molecular weight is 195 g/mol. The van der Waals surface area contributed by atoms with Crippen molar-refractivity contribution in [2.24, 2.45) is 5.92 Å². The lowest BCUT2D eigenvalue weighted by molar-refractivity contribution is 0.123. The number of hydrogen-bond donors (Lipinski definition) is 2. The SMILES string of the molecule is CC(C)C(O)CNCc1ccncn1. The van der Waals surface area contributed by atoms with Crippen LogP contribution in [0.1, 0.15) is 19.5 Å². The van der Waals surface area contributed by atoms with E-state index in [1.165, 1.54) is 6.33 Å². The van der Waals surface area contributed by atoms with Crippen LogP contribution in [0.3, 0.4) is 0 Å². The quantitative estimate of drug-likeness (QED) is 0.721. The summed E-state index contributed by atoms with van der Waals surface area (Å²) in [5, 5.41) is 12.7. The molecule has 0 aliphatic carbocycles. The average Bonchev–Trinajstić information content (AvgIpc) is 2.19. The summed E-state index contributed by atoms with van der Waals surface area (Å²) in [5.41, 5.74) is 0.941. The van der Waals surface area contributed by atoms with Gasteiger partial charge in [-0.1, -0.05) is 13.8 Å². The van der Waals surface area contributed by atoms with Gasteiger partial charge in [-0.05, 0) is 12.0 Å². The second-order valence-corrected chi connectivity index (χ2v) is 3.64. The fraction of sp³-hybridized carbons (Fsp3) is 0.600. The normalized spacial score (nSPS) is 13.1. The molecule has 78 valence electrons. The Balaban J connectivity index is 2.22. The predicted octanol–water partition coefficient (Wildman–Crippen LogP) is 0.583. The maximum atomic E-state index is 9.51. The van der Waals surface area contributed by atoms with E-state index in [0.717, 1.165) is 5.69 Å². The van der Waals surface area contributed by atoms with E-state index in [-0.39, 0.29) is 12.0 Å². The number of nitrogens with one attached hydrogen (secondary N) is 1. The van der Waals surface area contributed by atoms with Gasteiger partial charge in [0.2, 0.25) is 0 Å². The molecular formula is C10H17N3O. The molecule has 0 radical (unpaired) electrons.